The van der Waals surface area contributed by atoms with Crippen molar-refractivity contribution in [1.82, 2.24) is 5.32 Å². The van der Waals surface area contributed by atoms with Crippen LogP contribution in [0.5, 0.6) is 0 Å². The summed E-state index contributed by atoms with van der Waals surface area (Å²) < 4.78 is 9.87. The van der Waals surface area contributed by atoms with Crippen LogP contribution in [0.2, 0.25) is 0 Å². The molecule has 0 aromatic rings. The number of carbonyl (C=O) groups excluding carboxylic acids is 2. The summed E-state index contributed by atoms with van der Waals surface area (Å²) >= 11 is 0. The number of methoxy groups -OCH3 is 1. The molecule has 0 spiro atoms. The highest BCUT2D eigenvalue weighted by Crippen LogP contribution is 2.33. The minimum Gasteiger partial charge on any atom is -0.469 e. The number of amides is 1. The highest BCUT2D eigenvalue weighted by Gasteiger charge is 2.42. The summed E-state index contributed by atoms with van der Waals surface area (Å²) in [6, 6.07) is 0. The molecule has 0 aliphatic heterocycles. The van der Waals surface area contributed by atoms with Gasteiger partial charge in [0.15, 0.2) is 0 Å². The van der Waals surface area contributed by atoms with Gasteiger partial charge in [0.2, 0.25) is 0 Å². The zero-order valence-electron chi connectivity index (χ0n) is 13.4. The number of aliphatic hydroxyl groups excluding tert-OH is 1. The van der Waals surface area contributed by atoms with E-state index in [4.69, 9.17) is 4.74 Å². The number of hydrogen-bond donors (Lipinski definition) is 2. The molecule has 1 aliphatic carbocycles. The van der Waals surface area contributed by atoms with Crippen molar-refractivity contribution < 1.29 is 24.2 Å². The number of aliphatic hydroxyl groups is 1. The first kappa shape index (κ1) is 17.8. The molecule has 0 heterocycles. The Morgan fingerprint density at radius 3 is 2.29 bits per heavy atom. The van der Waals surface area contributed by atoms with Gasteiger partial charge in [0.1, 0.15) is 5.60 Å². The highest BCUT2D eigenvalue weighted by atomic mass is 16.6. The third-order valence-electron chi connectivity index (χ3n) is 3.72. The van der Waals surface area contributed by atoms with Crippen LogP contribution in [-0.2, 0) is 14.3 Å². The summed E-state index contributed by atoms with van der Waals surface area (Å²) in [4.78, 5) is 23.4. The van der Waals surface area contributed by atoms with Gasteiger partial charge in [-0.3, -0.25) is 4.79 Å². The molecule has 2 N–H and O–H groups in total. The molecule has 0 radical (unpaired) electrons. The van der Waals surface area contributed by atoms with E-state index in [1.54, 1.807) is 20.8 Å². The molecule has 1 atom stereocenters. The average Bonchev–Trinajstić information content (AvgIpc) is 2.37. The Balaban J connectivity index is 2.78. The smallest absolute Gasteiger partial charge is 0.408 e. The zero-order chi connectivity index (χ0) is 16.1. The molecular weight excluding hydrogens is 274 g/mol. The van der Waals surface area contributed by atoms with Crippen LogP contribution < -0.4 is 5.32 Å². The van der Waals surface area contributed by atoms with Crippen molar-refractivity contribution in [2.75, 3.05) is 7.11 Å². The van der Waals surface area contributed by atoms with Gasteiger partial charge in [-0.05, 0) is 33.6 Å². The maximum atomic E-state index is 12.0. The molecule has 6 nitrogen and oxygen atoms in total. The maximum absolute atomic E-state index is 12.0. The van der Waals surface area contributed by atoms with Crippen LogP contribution in [0.1, 0.15) is 59.3 Å². The summed E-state index contributed by atoms with van der Waals surface area (Å²) in [5.41, 5.74) is -1.41. The van der Waals surface area contributed by atoms with Crippen LogP contribution in [0, 0.1) is 0 Å². The zero-order valence-corrected chi connectivity index (χ0v) is 13.4. The molecule has 1 fully saturated rings. The molecule has 1 rings (SSSR count). The lowest BCUT2D eigenvalue weighted by atomic mass is 9.76. The Kier molecular flexibility index (Phi) is 6.01. The first-order valence-electron chi connectivity index (χ1n) is 7.44. The van der Waals surface area contributed by atoms with E-state index in [2.05, 4.69) is 10.1 Å². The maximum Gasteiger partial charge on any atom is 0.408 e. The molecule has 0 aromatic heterocycles. The van der Waals surface area contributed by atoms with E-state index < -0.39 is 29.3 Å². The van der Waals surface area contributed by atoms with Crippen LogP contribution in [0.3, 0.4) is 0 Å². The Morgan fingerprint density at radius 1 is 1.24 bits per heavy atom. The van der Waals surface area contributed by atoms with Gasteiger partial charge >= 0.3 is 12.1 Å². The Hall–Kier alpha value is -1.30. The number of ether oxygens (including phenoxy) is 2. The van der Waals surface area contributed by atoms with E-state index in [9.17, 15) is 14.7 Å². The predicted octanol–water partition coefficient (Wildman–Crippen LogP) is 2.14. The van der Waals surface area contributed by atoms with E-state index in [0.29, 0.717) is 12.8 Å². The first-order valence-corrected chi connectivity index (χ1v) is 7.44. The summed E-state index contributed by atoms with van der Waals surface area (Å²) in [6.07, 6.45) is 2.44. The summed E-state index contributed by atoms with van der Waals surface area (Å²) in [5, 5.41) is 13.2. The molecule has 0 aromatic carbocycles. The van der Waals surface area contributed by atoms with Crippen molar-refractivity contribution in [2.24, 2.45) is 0 Å². The van der Waals surface area contributed by atoms with Gasteiger partial charge in [-0.25, -0.2) is 4.79 Å². The van der Waals surface area contributed by atoms with E-state index in [1.807, 2.05) is 0 Å². The second-order valence-electron chi connectivity index (χ2n) is 6.64. The van der Waals surface area contributed by atoms with E-state index in [-0.39, 0.29) is 6.42 Å². The molecule has 1 saturated carbocycles. The largest absolute Gasteiger partial charge is 0.469 e. The fourth-order valence-electron chi connectivity index (χ4n) is 2.67. The van der Waals surface area contributed by atoms with Crippen molar-refractivity contribution >= 4 is 12.1 Å². The third-order valence-corrected chi connectivity index (χ3v) is 3.72. The van der Waals surface area contributed by atoms with Crippen LogP contribution in [-0.4, -0.2) is 41.5 Å². The van der Waals surface area contributed by atoms with Gasteiger partial charge in [0.05, 0.1) is 25.2 Å². The average molecular weight is 301 g/mol. The second kappa shape index (κ2) is 7.11. The predicted molar refractivity (Wildman–Crippen MR) is 77.8 cm³/mol. The van der Waals surface area contributed by atoms with Crippen molar-refractivity contribution in [3.05, 3.63) is 0 Å². The van der Waals surface area contributed by atoms with Crippen molar-refractivity contribution in [3.63, 3.8) is 0 Å². The van der Waals surface area contributed by atoms with Crippen molar-refractivity contribution in [2.45, 2.75) is 76.5 Å². The lowest BCUT2D eigenvalue weighted by Gasteiger charge is -2.41. The second-order valence-corrected chi connectivity index (χ2v) is 6.64. The Bertz CT molecular complexity index is 369. The molecular formula is C15H27NO5. The number of carbonyl (C=O) groups is 2. The van der Waals surface area contributed by atoms with Crippen LogP contribution in [0.15, 0.2) is 0 Å². The normalized spacial score (nSPS) is 19.5. The molecule has 0 saturated heterocycles. The van der Waals surface area contributed by atoms with E-state index in [0.717, 1.165) is 19.3 Å². The molecule has 21 heavy (non-hydrogen) atoms. The third kappa shape index (κ3) is 5.53. The quantitative estimate of drug-likeness (QED) is 0.777. The number of hydrogen-bond acceptors (Lipinski definition) is 5. The van der Waals surface area contributed by atoms with E-state index >= 15 is 0 Å². The highest BCUT2D eigenvalue weighted by molar-refractivity contribution is 5.71. The number of esters is 1. The number of nitrogens with one attached hydrogen (secondary N) is 1. The molecule has 1 aliphatic rings. The molecule has 6 heteroatoms. The van der Waals surface area contributed by atoms with E-state index in [1.165, 1.54) is 7.11 Å². The van der Waals surface area contributed by atoms with Gasteiger partial charge in [-0.15, -0.1) is 0 Å². The van der Waals surface area contributed by atoms with Gasteiger partial charge in [0, 0.05) is 0 Å². The van der Waals surface area contributed by atoms with Gasteiger partial charge in [0.25, 0.3) is 0 Å². The first-order chi connectivity index (χ1) is 9.68. The Morgan fingerprint density at radius 2 is 1.81 bits per heavy atom. The number of alkyl carbamates (subject to hydrolysis) is 1. The van der Waals surface area contributed by atoms with Crippen LogP contribution in [0.25, 0.3) is 0 Å². The topological polar surface area (TPSA) is 84.9 Å². The van der Waals surface area contributed by atoms with Crippen molar-refractivity contribution in [3.8, 4) is 0 Å². The lowest BCUT2D eigenvalue weighted by molar-refractivity contribution is -0.144. The van der Waals surface area contributed by atoms with Gasteiger partial charge in [-0.1, -0.05) is 19.3 Å². The fourth-order valence-corrected chi connectivity index (χ4v) is 2.67. The minimum atomic E-state index is -0.974. The fraction of sp³-hybridized carbons (Fsp3) is 0.867. The molecule has 0 unspecified atom stereocenters. The molecule has 122 valence electrons. The monoisotopic (exact) mass is 301 g/mol. The van der Waals surface area contributed by atoms with Crippen molar-refractivity contribution in [1.29, 1.82) is 0 Å². The lowest BCUT2D eigenvalue weighted by Crippen LogP contribution is -2.59. The minimum absolute atomic E-state index is 0.133. The summed E-state index contributed by atoms with van der Waals surface area (Å²) in [5.74, 6) is -0.488. The number of rotatable bonds is 4. The summed E-state index contributed by atoms with van der Waals surface area (Å²) in [6.45, 7) is 5.35. The molecule has 0 bridgehead atoms. The van der Waals surface area contributed by atoms with Gasteiger partial charge in [-0.2, -0.15) is 0 Å². The Labute approximate surface area is 126 Å². The SMILES string of the molecule is COC(=O)C[C@H](O)C1(NC(=O)OC(C)(C)C)CCCCC1. The molecule has 1 amide bonds. The summed E-state index contributed by atoms with van der Waals surface area (Å²) in [7, 11) is 1.28. The van der Waals surface area contributed by atoms with Crippen LogP contribution >= 0.6 is 0 Å². The van der Waals surface area contributed by atoms with Gasteiger partial charge < -0.3 is 19.9 Å². The standard InChI is InChI=1S/C15H27NO5/c1-14(2,3)21-13(19)16-15(8-6-5-7-9-15)11(17)10-12(18)20-4/h11,17H,5-10H2,1-4H3,(H,16,19)/t11-/m0/s1. The van der Waals surface area contributed by atoms with Crippen LogP contribution in [0.4, 0.5) is 4.79 Å².